The van der Waals surface area contributed by atoms with E-state index in [-0.39, 0.29) is 5.92 Å². The van der Waals surface area contributed by atoms with E-state index >= 15 is 0 Å². The van der Waals surface area contributed by atoms with Gasteiger partial charge in [0.1, 0.15) is 0 Å². The molecule has 0 bridgehead atoms. The van der Waals surface area contributed by atoms with Crippen LogP contribution in [0.2, 0.25) is 0 Å². The number of carboxylic acids is 1. The summed E-state index contributed by atoms with van der Waals surface area (Å²) in [4.78, 5) is 13.2. The second-order valence-corrected chi connectivity index (χ2v) is 4.23. The highest BCUT2D eigenvalue weighted by Gasteiger charge is 2.30. The van der Waals surface area contributed by atoms with Crippen LogP contribution in [0.1, 0.15) is 6.42 Å². The molecule has 0 aromatic heterocycles. The molecule has 2 fully saturated rings. The average Bonchev–Trinajstić information content (AvgIpc) is 2.30. The quantitative estimate of drug-likeness (QED) is 0.641. The summed E-state index contributed by atoms with van der Waals surface area (Å²) in [6.45, 7) is 4.92. The van der Waals surface area contributed by atoms with Gasteiger partial charge >= 0.3 is 5.97 Å². The summed E-state index contributed by atoms with van der Waals surface area (Å²) >= 11 is 0. The maximum Gasteiger partial charge on any atom is 0.307 e. The van der Waals surface area contributed by atoms with Crippen molar-refractivity contribution in [3.63, 3.8) is 0 Å². The predicted octanol–water partition coefficient (Wildman–Crippen LogP) is -0.619. The molecule has 2 aliphatic heterocycles. The highest BCUT2D eigenvalue weighted by Crippen LogP contribution is 2.17. The monoisotopic (exact) mass is 214 g/mol. The Bertz CT molecular complexity index is 229. The van der Waals surface area contributed by atoms with Crippen molar-refractivity contribution in [2.24, 2.45) is 5.92 Å². The van der Waals surface area contributed by atoms with Gasteiger partial charge in [-0.1, -0.05) is 0 Å². The molecule has 86 valence electrons. The normalized spacial score (nSPS) is 33.9. The minimum absolute atomic E-state index is 0.230. The van der Waals surface area contributed by atoms with Gasteiger partial charge in [0.25, 0.3) is 0 Å². The van der Waals surface area contributed by atoms with Crippen molar-refractivity contribution >= 4 is 5.97 Å². The van der Waals surface area contributed by atoms with Crippen LogP contribution in [0.4, 0.5) is 0 Å². The molecule has 5 nitrogen and oxygen atoms in total. The van der Waals surface area contributed by atoms with Crippen molar-refractivity contribution in [2.45, 2.75) is 12.5 Å². The molecule has 0 radical (unpaired) electrons. The molecule has 2 unspecified atom stereocenters. The first kappa shape index (κ1) is 10.9. The molecule has 0 aliphatic carbocycles. The van der Waals surface area contributed by atoms with Gasteiger partial charge in [0, 0.05) is 32.2 Å². The van der Waals surface area contributed by atoms with Crippen LogP contribution >= 0.6 is 0 Å². The number of nitrogens with zero attached hydrogens (tertiary/aromatic N) is 1. The lowest BCUT2D eigenvalue weighted by molar-refractivity contribution is -0.143. The molecule has 2 heterocycles. The Morgan fingerprint density at radius 3 is 2.73 bits per heavy atom. The molecular formula is C10H18N2O3. The zero-order valence-electron chi connectivity index (χ0n) is 8.82. The highest BCUT2D eigenvalue weighted by atomic mass is 16.5. The number of nitrogens with one attached hydrogen (secondary N) is 1. The van der Waals surface area contributed by atoms with E-state index in [0.29, 0.717) is 12.6 Å². The average molecular weight is 214 g/mol. The van der Waals surface area contributed by atoms with Gasteiger partial charge in [0.05, 0.1) is 19.1 Å². The molecule has 0 saturated carbocycles. The largest absolute Gasteiger partial charge is 0.481 e. The number of carboxylic acid groups (broad SMARTS) is 1. The fraction of sp³-hybridized carbons (Fsp3) is 0.900. The van der Waals surface area contributed by atoms with Gasteiger partial charge < -0.3 is 15.2 Å². The van der Waals surface area contributed by atoms with Crippen LogP contribution in [-0.4, -0.2) is 61.4 Å². The van der Waals surface area contributed by atoms with Gasteiger partial charge in [-0.3, -0.25) is 9.69 Å². The van der Waals surface area contributed by atoms with E-state index in [4.69, 9.17) is 9.84 Å². The smallest absolute Gasteiger partial charge is 0.307 e. The summed E-state index contributed by atoms with van der Waals surface area (Å²) < 4.78 is 5.29. The molecule has 15 heavy (non-hydrogen) atoms. The van der Waals surface area contributed by atoms with E-state index in [9.17, 15) is 4.79 Å². The topological polar surface area (TPSA) is 61.8 Å². The van der Waals surface area contributed by atoms with Gasteiger partial charge in [-0.25, -0.2) is 0 Å². The first-order valence-corrected chi connectivity index (χ1v) is 5.52. The van der Waals surface area contributed by atoms with E-state index < -0.39 is 5.97 Å². The van der Waals surface area contributed by atoms with E-state index in [2.05, 4.69) is 10.2 Å². The zero-order chi connectivity index (χ0) is 10.7. The van der Waals surface area contributed by atoms with Crippen LogP contribution in [0.3, 0.4) is 0 Å². The van der Waals surface area contributed by atoms with E-state index in [1.807, 2.05) is 0 Å². The number of hydrogen-bond acceptors (Lipinski definition) is 4. The third-order valence-electron chi connectivity index (χ3n) is 3.24. The molecule has 2 aliphatic rings. The number of ether oxygens (including phenoxy) is 1. The van der Waals surface area contributed by atoms with E-state index in [1.165, 1.54) is 0 Å². The third kappa shape index (κ3) is 2.68. The lowest BCUT2D eigenvalue weighted by Gasteiger charge is -2.38. The SMILES string of the molecule is O=C(O)C1CNCC(N2CCOCC2)C1. The number of morpholine rings is 1. The lowest BCUT2D eigenvalue weighted by Crippen LogP contribution is -2.53. The summed E-state index contributed by atoms with van der Waals surface area (Å²) in [5.41, 5.74) is 0. The van der Waals surface area contributed by atoms with Crippen molar-refractivity contribution in [1.82, 2.24) is 10.2 Å². The molecule has 2 rings (SSSR count). The van der Waals surface area contributed by atoms with Crippen molar-refractivity contribution in [3.8, 4) is 0 Å². The second-order valence-electron chi connectivity index (χ2n) is 4.23. The van der Waals surface area contributed by atoms with Gasteiger partial charge in [0.15, 0.2) is 0 Å². The Kier molecular flexibility index (Phi) is 3.56. The van der Waals surface area contributed by atoms with Crippen LogP contribution in [0.15, 0.2) is 0 Å². The molecule has 2 saturated heterocycles. The Morgan fingerprint density at radius 2 is 2.07 bits per heavy atom. The Hall–Kier alpha value is -0.650. The van der Waals surface area contributed by atoms with Gasteiger partial charge in [-0.15, -0.1) is 0 Å². The molecule has 0 aromatic carbocycles. The number of hydrogen-bond donors (Lipinski definition) is 2. The summed E-state index contributed by atoms with van der Waals surface area (Å²) in [5.74, 6) is -0.910. The summed E-state index contributed by atoms with van der Waals surface area (Å²) in [6.07, 6.45) is 0.766. The zero-order valence-corrected chi connectivity index (χ0v) is 8.82. The van der Waals surface area contributed by atoms with Crippen molar-refractivity contribution in [3.05, 3.63) is 0 Å². The predicted molar refractivity (Wildman–Crippen MR) is 54.8 cm³/mol. The first-order valence-electron chi connectivity index (χ1n) is 5.52. The Balaban J connectivity index is 1.88. The summed E-state index contributed by atoms with van der Waals surface area (Å²) in [6, 6.07) is 0.365. The standard InChI is InChI=1S/C10H18N2O3/c13-10(14)8-5-9(7-11-6-8)12-1-3-15-4-2-12/h8-9,11H,1-7H2,(H,13,14). The second kappa shape index (κ2) is 4.92. The minimum Gasteiger partial charge on any atom is -0.481 e. The maximum absolute atomic E-state index is 10.9. The lowest BCUT2D eigenvalue weighted by atomic mass is 9.94. The van der Waals surface area contributed by atoms with Crippen molar-refractivity contribution in [2.75, 3.05) is 39.4 Å². The fourth-order valence-electron chi connectivity index (χ4n) is 2.33. The molecule has 0 spiro atoms. The molecule has 5 heteroatoms. The molecular weight excluding hydrogens is 196 g/mol. The number of rotatable bonds is 2. The van der Waals surface area contributed by atoms with Crippen LogP contribution in [-0.2, 0) is 9.53 Å². The fourth-order valence-corrected chi connectivity index (χ4v) is 2.33. The molecule has 2 N–H and O–H groups in total. The number of carbonyl (C=O) groups is 1. The number of piperidine rings is 1. The highest BCUT2D eigenvalue weighted by molar-refractivity contribution is 5.70. The van der Waals surface area contributed by atoms with Gasteiger partial charge in [0.2, 0.25) is 0 Å². The van der Waals surface area contributed by atoms with Crippen molar-refractivity contribution in [1.29, 1.82) is 0 Å². The maximum atomic E-state index is 10.9. The first-order chi connectivity index (χ1) is 7.27. The van der Waals surface area contributed by atoms with Gasteiger partial charge in [-0.2, -0.15) is 0 Å². The van der Waals surface area contributed by atoms with Crippen LogP contribution in [0.25, 0.3) is 0 Å². The summed E-state index contributed by atoms with van der Waals surface area (Å²) in [7, 11) is 0. The number of aliphatic carboxylic acids is 1. The van der Waals surface area contributed by atoms with Crippen LogP contribution < -0.4 is 5.32 Å². The van der Waals surface area contributed by atoms with Crippen LogP contribution in [0.5, 0.6) is 0 Å². The Labute approximate surface area is 89.4 Å². The Morgan fingerprint density at radius 1 is 1.33 bits per heavy atom. The summed E-state index contributed by atoms with van der Waals surface area (Å²) in [5, 5.41) is 12.2. The molecule has 2 atom stereocenters. The van der Waals surface area contributed by atoms with E-state index in [0.717, 1.165) is 39.3 Å². The van der Waals surface area contributed by atoms with Crippen LogP contribution in [0, 0.1) is 5.92 Å². The van der Waals surface area contributed by atoms with E-state index in [1.54, 1.807) is 0 Å². The molecule has 0 aromatic rings. The molecule has 0 amide bonds. The van der Waals surface area contributed by atoms with Gasteiger partial charge in [-0.05, 0) is 6.42 Å². The third-order valence-corrected chi connectivity index (χ3v) is 3.24. The minimum atomic E-state index is -0.680. The van der Waals surface area contributed by atoms with Crippen molar-refractivity contribution < 1.29 is 14.6 Å².